The molecule has 0 spiro atoms. The molecule has 0 N–H and O–H groups in total. The molecule has 3 heterocycles. The summed E-state index contributed by atoms with van der Waals surface area (Å²) < 4.78 is 8.94. The summed E-state index contributed by atoms with van der Waals surface area (Å²) in [7, 11) is 0. The monoisotopic (exact) mass is 498 g/mol. The summed E-state index contributed by atoms with van der Waals surface area (Å²) >= 11 is 1.42. The highest BCUT2D eigenvalue weighted by atomic mass is 32.1. The molecule has 4 nitrogen and oxygen atoms in total. The Labute approximate surface area is 217 Å². The minimum atomic E-state index is -0.0908. The summed E-state index contributed by atoms with van der Waals surface area (Å²) in [6.45, 7) is 2.14. The van der Waals surface area contributed by atoms with Crippen LogP contribution in [-0.4, -0.2) is 9.38 Å². The largest absolute Gasteiger partial charge is 0.456 e. The average Bonchev–Trinajstić information content (AvgIpc) is 3.45. The molecule has 2 aromatic heterocycles. The minimum absolute atomic E-state index is 0.0593. The molecule has 37 heavy (non-hydrogen) atoms. The molecule has 0 saturated heterocycles. The molecule has 0 saturated carbocycles. The van der Waals surface area contributed by atoms with E-state index in [0.29, 0.717) is 9.49 Å². The number of benzene rings is 4. The van der Waals surface area contributed by atoms with Crippen LogP contribution >= 0.6 is 11.3 Å². The molecular formula is C32H22N2O2S. The molecule has 5 heteroatoms. The van der Waals surface area contributed by atoms with Crippen molar-refractivity contribution in [3.8, 4) is 5.75 Å². The first-order valence-corrected chi connectivity index (χ1v) is 13.0. The topological polar surface area (TPSA) is 43.6 Å². The van der Waals surface area contributed by atoms with Gasteiger partial charge >= 0.3 is 0 Å². The predicted molar refractivity (Wildman–Crippen MR) is 150 cm³/mol. The third kappa shape index (κ3) is 3.51. The zero-order valence-corrected chi connectivity index (χ0v) is 20.9. The van der Waals surface area contributed by atoms with Crippen molar-refractivity contribution in [3.63, 3.8) is 0 Å². The van der Waals surface area contributed by atoms with Crippen molar-refractivity contribution in [1.82, 2.24) is 9.38 Å². The number of imidazole rings is 1. The first-order chi connectivity index (χ1) is 18.2. The number of hydrogen-bond donors (Lipinski definition) is 0. The number of hydrogen-bond acceptors (Lipinski definition) is 4. The van der Waals surface area contributed by atoms with E-state index in [4.69, 9.17) is 9.72 Å². The SMILES string of the molecule is Cc1ccccc1C1C(/C=c2/sc3nc4ccccc4n3c2=O)=C(c2ccccc2)Oc2ccccc21. The van der Waals surface area contributed by atoms with Crippen LogP contribution in [0, 0.1) is 6.92 Å². The smallest absolute Gasteiger partial charge is 0.274 e. The van der Waals surface area contributed by atoms with Gasteiger partial charge in [0.05, 0.1) is 15.6 Å². The number of ether oxygens (including phenoxy) is 1. The first-order valence-electron chi connectivity index (χ1n) is 12.2. The van der Waals surface area contributed by atoms with Crippen LogP contribution in [0.1, 0.15) is 28.2 Å². The molecule has 1 aliphatic heterocycles. The Bertz CT molecular complexity index is 1950. The van der Waals surface area contributed by atoms with Gasteiger partial charge in [-0.1, -0.05) is 96.3 Å². The molecule has 1 atom stereocenters. The normalized spacial score (nSPS) is 15.8. The Hall–Kier alpha value is -4.48. The number of thiazole rings is 1. The highest BCUT2D eigenvalue weighted by molar-refractivity contribution is 7.15. The number of aromatic nitrogens is 2. The van der Waals surface area contributed by atoms with Crippen LogP contribution in [-0.2, 0) is 0 Å². The van der Waals surface area contributed by atoms with Crippen molar-refractivity contribution in [2.24, 2.45) is 0 Å². The van der Waals surface area contributed by atoms with Gasteiger partial charge in [0.2, 0.25) is 0 Å². The van der Waals surface area contributed by atoms with Crippen molar-refractivity contribution >= 4 is 39.2 Å². The van der Waals surface area contributed by atoms with Crippen molar-refractivity contribution in [3.05, 3.63) is 146 Å². The molecule has 4 aromatic carbocycles. The molecule has 1 aliphatic rings. The molecule has 0 fully saturated rings. The molecule has 7 rings (SSSR count). The number of nitrogens with zero attached hydrogens (tertiary/aromatic N) is 2. The molecule has 178 valence electrons. The van der Waals surface area contributed by atoms with Gasteiger partial charge in [0, 0.05) is 22.6 Å². The Morgan fingerprint density at radius 3 is 2.38 bits per heavy atom. The van der Waals surface area contributed by atoms with Crippen LogP contribution in [0.3, 0.4) is 0 Å². The Morgan fingerprint density at radius 1 is 0.838 bits per heavy atom. The van der Waals surface area contributed by atoms with Crippen molar-refractivity contribution in [2.45, 2.75) is 12.8 Å². The van der Waals surface area contributed by atoms with E-state index in [9.17, 15) is 4.79 Å². The van der Waals surface area contributed by atoms with Crippen molar-refractivity contribution in [1.29, 1.82) is 0 Å². The van der Waals surface area contributed by atoms with Gasteiger partial charge in [-0.3, -0.25) is 4.79 Å². The van der Waals surface area contributed by atoms with Gasteiger partial charge in [-0.15, -0.1) is 0 Å². The van der Waals surface area contributed by atoms with Crippen LogP contribution < -0.4 is 14.8 Å². The van der Waals surface area contributed by atoms with E-state index in [2.05, 4.69) is 49.4 Å². The number of para-hydroxylation sites is 3. The lowest BCUT2D eigenvalue weighted by Gasteiger charge is -2.31. The highest BCUT2D eigenvalue weighted by Gasteiger charge is 2.31. The second kappa shape index (κ2) is 8.57. The zero-order valence-electron chi connectivity index (χ0n) is 20.1. The molecule has 0 bridgehead atoms. The third-order valence-electron chi connectivity index (χ3n) is 6.98. The van der Waals surface area contributed by atoms with Gasteiger partial charge in [-0.2, -0.15) is 0 Å². The van der Waals surface area contributed by atoms with Crippen LogP contribution in [0.2, 0.25) is 0 Å². The maximum absolute atomic E-state index is 13.7. The van der Waals surface area contributed by atoms with Gasteiger partial charge in [-0.05, 0) is 42.3 Å². The summed E-state index contributed by atoms with van der Waals surface area (Å²) in [5.74, 6) is 1.51. The number of aryl methyl sites for hydroxylation is 1. The average molecular weight is 499 g/mol. The van der Waals surface area contributed by atoms with E-state index < -0.39 is 0 Å². The maximum atomic E-state index is 13.7. The van der Waals surface area contributed by atoms with Gasteiger partial charge < -0.3 is 4.74 Å². The van der Waals surface area contributed by atoms with Crippen LogP contribution in [0.25, 0.3) is 27.8 Å². The van der Waals surface area contributed by atoms with Crippen molar-refractivity contribution in [2.75, 3.05) is 0 Å². The number of fused-ring (bicyclic) bond motifs is 4. The van der Waals surface area contributed by atoms with Crippen molar-refractivity contribution < 1.29 is 4.74 Å². The molecule has 0 aliphatic carbocycles. The molecular weight excluding hydrogens is 476 g/mol. The first kappa shape index (κ1) is 21.8. The van der Waals surface area contributed by atoms with E-state index in [1.54, 1.807) is 4.40 Å². The fourth-order valence-electron chi connectivity index (χ4n) is 5.24. The third-order valence-corrected chi connectivity index (χ3v) is 7.95. The molecule has 1 unspecified atom stereocenters. The van der Waals surface area contributed by atoms with Gasteiger partial charge in [0.15, 0.2) is 4.96 Å². The molecule has 0 amide bonds. The van der Waals surface area contributed by atoms with Crippen LogP contribution in [0.5, 0.6) is 5.75 Å². The highest BCUT2D eigenvalue weighted by Crippen LogP contribution is 2.47. The lowest BCUT2D eigenvalue weighted by atomic mass is 9.79. The van der Waals surface area contributed by atoms with Crippen LogP contribution in [0.4, 0.5) is 0 Å². The fourth-order valence-corrected chi connectivity index (χ4v) is 6.22. The summed E-state index contributed by atoms with van der Waals surface area (Å²) in [5, 5.41) is 0. The fraction of sp³-hybridized carbons (Fsp3) is 0.0625. The molecule has 6 aromatic rings. The number of allylic oxidation sites excluding steroid dienone is 1. The van der Waals surface area contributed by atoms with Gasteiger partial charge in [0.1, 0.15) is 11.5 Å². The maximum Gasteiger partial charge on any atom is 0.274 e. The predicted octanol–water partition coefficient (Wildman–Crippen LogP) is 6.35. The van der Waals surface area contributed by atoms with Gasteiger partial charge in [0.25, 0.3) is 5.56 Å². The van der Waals surface area contributed by atoms with Gasteiger partial charge in [-0.25, -0.2) is 9.38 Å². The van der Waals surface area contributed by atoms with E-state index in [1.807, 2.05) is 66.7 Å². The lowest BCUT2D eigenvalue weighted by molar-refractivity contribution is 0.488. The lowest BCUT2D eigenvalue weighted by Crippen LogP contribution is -2.25. The second-order valence-corrected chi connectivity index (χ2v) is 10.2. The summed E-state index contributed by atoms with van der Waals surface area (Å²) in [4.78, 5) is 19.1. The summed E-state index contributed by atoms with van der Waals surface area (Å²) in [5.41, 5.74) is 7.00. The van der Waals surface area contributed by atoms with Crippen LogP contribution in [0.15, 0.2) is 113 Å². The molecule has 0 radical (unpaired) electrons. The Balaban J connectivity index is 1.56. The van der Waals surface area contributed by atoms with E-state index in [-0.39, 0.29) is 11.5 Å². The van der Waals surface area contributed by atoms with E-state index >= 15 is 0 Å². The standard InChI is InChI=1S/C32H22N2O2S/c1-20-11-5-6-14-22(20)29-23-15-7-10-18-27(23)36-30(21-12-3-2-4-13-21)24(29)19-28-31(35)34-26-17-9-8-16-25(26)33-32(34)37-28/h2-19,29H,1H3/b28-19+. The Morgan fingerprint density at radius 2 is 1.54 bits per heavy atom. The van der Waals surface area contributed by atoms with E-state index in [0.717, 1.165) is 39.2 Å². The zero-order chi connectivity index (χ0) is 24.9. The Kier molecular flexibility index (Phi) is 5.05. The quantitative estimate of drug-likeness (QED) is 0.285. The minimum Gasteiger partial charge on any atom is -0.456 e. The number of rotatable bonds is 3. The van der Waals surface area contributed by atoms with E-state index in [1.165, 1.54) is 22.5 Å². The second-order valence-electron chi connectivity index (χ2n) is 9.21. The summed E-state index contributed by atoms with van der Waals surface area (Å²) in [6, 6.07) is 34.5. The summed E-state index contributed by atoms with van der Waals surface area (Å²) in [6.07, 6.45) is 2.02.